The lowest BCUT2D eigenvalue weighted by Gasteiger charge is -2.36. The van der Waals surface area contributed by atoms with Crippen molar-refractivity contribution in [3.8, 4) is 0 Å². The summed E-state index contributed by atoms with van der Waals surface area (Å²) in [6.07, 6.45) is 3.73. The Hall–Kier alpha value is -1.27. The summed E-state index contributed by atoms with van der Waals surface area (Å²) in [6, 6.07) is 9.04. The van der Waals surface area contributed by atoms with Gasteiger partial charge < -0.3 is 9.64 Å². The van der Waals surface area contributed by atoms with E-state index in [4.69, 9.17) is 4.74 Å². The highest BCUT2D eigenvalue weighted by Gasteiger charge is 2.24. The van der Waals surface area contributed by atoms with Gasteiger partial charge in [-0.05, 0) is 36.2 Å². The molecule has 0 N–H and O–H groups in total. The van der Waals surface area contributed by atoms with Gasteiger partial charge in [0.15, 0.2) is 0 Å². The molecule has 1 aliphatic rings. The molecule has 3 heterocycles. The Labute approximate surface area is 136 Å². The molecule has 1 saturated heterocycles. The molecule has 22 heavy (non-hydrogen) atoms. The van der Waals surface area contributed by atoms with Crippen LogP contribution in [0.3, 0.4) is 0 Å². The molecular weight excluding hydrogens is 294 g/mol. The molecule has 0 radical (unpaired) electrons. The molecule has 3 rings (SSSR count). The number of ether oxygens (including phenoxy) is 1. The number of nitrogens with zero attached hydrogens (tertiary/aromatic N) is 3. The first-order chi connectivity index (χ1) is 10.8. The van der Waals surface area contributed by atoms with Gasteiger partial charge in [-0.1, -0.05) is 6.07 Å². The largest absolute Gasteiger partial charge is 0.379 e. The van der Waals surface area contributed by atoms with Crippen molar-refractivity contribution in [2.45, 2.75) is 12.6 Å². The van der Waals surface area contributed by atoms with Gasteiger partial charge in [0.1, 0.15) is 0 Å². The van der Waals surface area contributed by atoms with E-state index in [0.717, 1.165) is 39.4 Å². The van der Waals surface area contributed by atoms with Crippen LogP contribution in [-0.2, 0) is 11.3 Å². The lowest BCUT2D eigenvalue weighted by atomic mass is 10.1. The Morgan fingerprint density at radius 2 is 2.05 bits per heavy atom. The molecule has 0 aliphatic carbocycles. The Bertz CT molecular complexity index is 540. The van der Waals surface area contributed by atoms with Crippen LogP contribution in [0.25, 0.3) is 0 Å². The van der Waals surface area contributed by atoms with E-state index < -0.39 is 0 Å². The summed E-state index contributed by atoms with van der Waals surface area (Å²) in [5.74, 6) is 0. The molecule has 1 fully saturated rings. The Morgan fingerprint density at radius 1 is 1.27 bits per heavy atom. The second-order valence-electron chi connectivity index (χ2n) is 5.73. The van der Waals surface area contributed by atoms with Crippen molar-refractivity contribution in [3.63, 3.8) is 0 Å². The fourth-order valence-corrected chi connectivity index (χ4v) is 3.77. The zero-order valence-electron chi connectivity index (χ0n) is 13.0. The number of hydrogen-bond donors (Lipinski definition) is 0. The smallest absolute Gasteiger partial charge is 0.0594 e. The minimum atomic E-state index is 0.454. The maximum absolute atomic E-state index is 5.51. The van der Waals surface area contributed by atoms with E-state index in [9.17, 15) is 0 Å². The minimum absolute atomic E-state index is 0.454. The molecule has 1 aliphatic heterocycles. The average Bonchev–Trinajstić information content (AvgIpc) is 3.08. The average molecular weight is 317 g/mol. The second kappa shape index (κ2) is 7.83. The number of likely N-dealkylation sites (N-methyl/N-ethyl adjacent to an activating group) is 1. The molecule has 0 bridgehead atoms. The molecule has 2 aromatic rings. The maximum Gasteiger partial charge on any atom is 0.0594 e. The summed E-state index contributed by atoms with van der Waals surface area (Å²) < 4.78 is 5.51. The van der Waals surface area contributed by atoms with Crippen LogP contribution in [0.1, 0.15) is 16.5 Å². The first-order valence-corrected chi connectivity index (χ1v) is 8.63. The van der Waals surface area contributed by atoms with Gasteiger partial charge in [0.2, 0.25) is 0 Å². The summed E-state index contributed by atoms with van der Waals surface area (Å²) in [5.41, 5.74) is 1.31. The van der Waals surface area contributed by atoms with Gasteiger partial charge in [-0.3, -0.25) is 9.88 Å². The van der Waals surface area contributed by atoms with Crippen LogP contribution < -0.4 is 0 Å². The van der Waals surface area contributed by atoms with Crippen LogP contribution in [0.2, 0.25) is 0 Å². The van der Waals surface area contributed by atoms with Crippen LogP contribution >= 0.6 is 11.3 Å². The first kappa shape index (κ1) is 15.6. The monoisotopic (exact) mass is 317 g/mol. The van der Waals surface area contributed by atoms with E-state index in [2.05, 4.69) is 51.5 Å². The van der Waals surface area contributed by atoms with Gasteiger partial charge >= 0.3 is 0 Å². The van der Waals surface area contributed by atoms with Gasteiger partial charge in [-0.15, -0.1) is 11.3 Å². The third kappa shape index (κ3) is 4.14. The van der Waals surface area contributed by atoms with Gasteiger partial charge in [-0.25, -0.2) is 0 Å². The summed E-state index contributed by atoms with van der Waals surface area (Å²) in [5, 5.41) is 2.17. The third-order valence-electron chi connectivity index (χ3n) is 4.04. The van der Waals surface area contributed by atoms with Crippen LogP contribution in [-0.4, -0.2) is 54.7 Å². The van der Waals surface area contributed by atoms with E-state index in [1.54, 1.807) is 0 Å². The van der Waals surface area contributed by atoms with Gasteiger partial charge in [-0.2, -0.15) is 0 Å². The molecule has 2 aromatic heterocycles. The molecule has 1 atom stereocenters. The topological polar surface area (TPSA) is 28.6 Å². The Kier molecular flexibility index (Phi) is 5.56. The van der Waals surface area contributed by atoms with E-state index in [1.165, 1.54) is 10.4 Å². The highest BCUT2D eigenvalue weighted by Crippen LogP contribution is 2.27. The molecule has 0 saturated carbocycles. The Morgan fingerprint density at radius 3 is 2.73 bits per heavy atom. The number of thiophene rings is 1. The predicted octanol–water partition coefficient (Wildman–Crippen LogP) is 2.65. The van der Waals surface area contributed by atoms with Crippen molar-refractivity contribution in [3.05, 3.63) is 52.5 Å². The normalized spacial score (nSPS) is 17.7. The minimum Gasteiger partial charge on any atom is -0.379 e. The second-order valence-corrected chi connectivity index (χ2v) is 6.71. The van der Waals surface area contributed by atoms with E-state index >= 15 is 0 Å². The number of pyridine rings is 1. The summed E-state index contributed by atoms with van der Waals surface area (Å²) in [6.45, 7) is 5.71. The van der Waals surface area contributed by atoms with Crippen molar-refractivity contribution >= 4 is 11.3 Å². The van der Waals surface area contributed by atoms with Crippen LogP contribution in [0.5, 0.6) is 0 Å². The van der Waals surface area contributed by atoms with Crippen molar-refractivity contribution in [2.24, 2.45) is 0 Å². The lowest BCUT2D eigenvalue weighted by Crippen LogP contribution is -2.42. The Balaban J connectivity index is 1.66. The van der Waals surface area contributed by atoms with Gasteiger partial charge in [0, 0.05) is 43.4 Å². The predicted molar refractivity (Wildman–Crippen MR) is 90.0 cm³/mol. The maximum atomic E-state index is 5.51. The molecule has 118 valence electrons. The number of aromatic nitrogens is 1. The molecular formula is C17H23N3OS. The zero-order valence-corrected chi connectivity index (χ0v) is 13.8. The summed E-state index contributed by atoms with van der Waals surface area (Å²) in [4.78, 5) is 10.5. The van der Waals surface area contributed by atoms with Crippen molar-refractivity contribution < 1.29 is 4.74 Å². The van der Waals surface area contributed by atoms with E-state index in [-0.39, 0.29) is 0 Å². The standard InChI is InChI=1S/C17H23N3OS/c1-19(13-15-4-6-18-7-5-15)14-16(17-3-2-12-22-17)20-8-10-21-11-9-20/h2-7,12,16H,8-11,13-14H2,1H3/t16-/m1/s1. The molecule has 0 unspecified atom stereocenters. The molecule has 0 amide bonds. The fraction of sp³-hybridized carbons (Fsp3) is 0.471. The third-order valence-corrected chi connectivity index (χ3v) is 5.02. The quantitative estimate of drug-likeness (QED) is 0.819. The van der Waals surface area contributed by atoms with Crippen LogP contribution in [0.4, 0.5) is 0 Å². The molecule has 0 spiro atoms. The fourth-order valence-electron chi connectivity index (χ4n) is 2.92. The van der Waals surface area contributed by atoms with Crippen molar-refractivity contribution in [1.29, 1.82) is 0 Å². The first-order valence-electron chi connectivity index (χ1n) is 7.75. The van der Waals surface area contributed by atoms with Crippen molar-refractivity contribution in [2.75, 3.05) is 39.9 Å². The highest BCUT2D eigenvalue weighted by atomic mass is 32.1. The zero-order chi connectivity index (χ0) is 15.2. The summed E-state index contributed by atoms with van der Waals surface area (Å²) in [7, 11) is 2.20. The number of morpholine rings is 1. The lowest BCUT2D eigenvalue weighted by molar-refractivity contribution is 0.00964. The molecule has 5 heteroatoms. The van der Waals surface area contributed by atoms with Crippen molar-refractivity contribution in [1.82, 2.24) is 14.8 Å². The van der Waals surface area contributed by atoms with Crippen LogP contribution in [0, 0.1) is 0 Å². The van der Waals surface area contributed by atoms with E-state index in [1.807, 2.05) is 23.7 Å². The SMILES string of the molecule is CN(Cc1ccncc1)C[C@H](c1cccs1)N1CCOCC1. The molecule has 4 nitrogen and oxygen atoms in total. The summed E-state index contributed by atoms with van der Waals surface area (Å²) >= 11 is 1.85. The molecule has 0 aromatic carbocycles. The number of rotatable bonds is 6. The van der Waals surface area contributed by atoms with Gasteiger partial charge in [0.05, 0.1) is 19.3 Å². The van der Waals surface area contributed by atoms with E-state index in [0.29, 0.717) is 6.04 Å². The number of hydrogen-bond acceptors (Lipinski definition) is 5. The highest BCUT2D eigenvalue weighted by molar-refractivity contribution is 7.10. The van der Waals surface area contributed by atoms with Crippen LogP contribution in [0.15, 0.2) is 42.0 Å². The van der Waals surface area contributed by atoms with Gasteiger partial charge in [0.25, 0.3) is 0 Å².